The van der Waals surface area contributed by atoms with Gasteiger partial charge in [-0.3, -0.25) is 0 Å². The highest BCUT2D eigenvalue weighted by Crippen LogP contribution is 2.23. The third-order valence-electron chi connectivity index (χ3n) is 2.77. The lowest BCUT2D eigenvalue weighted by Crippen LogP contribution is -2.22. The summed E-state index contributed by atoms with van der Waals surface area (Å²) in [4.78, 5) is 10.3. The fourth-order valence-electron chi connectivity index (χ4n) is 1.88. The standard InChI is InChI=1S/C10H13N.C5H11NO2/c1-8-6-9-4-2-3-5-10(9)11-7-8;1-4(2)8-5(7)6-3/h2-5,8,11H,6-7H2,1H3;4H,1-3H3,(H,6,7)/t8-;/m1./s1. The number of benzene rings is 1. The molecule has 1 aliphatic heterocycles. The van der Waals surface area contributed by atoms with Crippen LogP contribution < -0.4 is 10.6 Å². The monoisotopic (exact) mass is 264 g/mol. The van der Waals surface area contributed by atoms with Crippen LogP contribution in [0.3, 0.4) is 0 Å². The van der Waals surface area contributed by atoms with E-state index in [1.165, 1.54) is 24.7 Å². The van der Waals surface area contributed by atoms with Crippen LogP contribution in [0.25, 0.3) is 0 Å². The summed E-state index contributed by atoms with van der Waals surface area (Å²) in [7, 11) is 1.53. The van der Waals surface area contributed by atoms with Crippen LogP contribution in [0.15, 0.2) is 24.3 Å². The molecule has 1 atom stereocenters. The molecule has 1 aliphatic rings. The number of carbonyl (C=O) groups is 1. The van der Waals surface area contributed by atoms with E-state index in [9.17, 15) is 4.79 Å². The van der Waals surface area contributed by atoms with Gasteiger partial charge in [0, 0.05) is 19.3 Å². The first-order chi connectivity index (χ1) is 9.02. The van der Waals surface area contributed by atoms with Crippen molar-refractivity contribution in [2.24, 2.45) is 5.92 Å². The van der Waals surface area contributed by atoms with E-state index in [1.54, 1.807) is 13.8 Å². The fraction of sp³-hybridized carbons (Fsp3) is 0.533. The molecule has 4 nitrogen and oxygen atoms in total. The Morgan fingerprint density at radius 1 is 1.42 bits per heavy atom. The molecule has 0 aromatic heterocycles. The third kappa shape index (κ3) is 5.64. The number of rotatable bonds is 1. The maximum Gasteiger partial charge on any atom is 0.407 e. The molecule has 106 valence electrons. The average molecular weight is 264 g/mol. The van der Waals surface area contributed by atoms with Gasteiger partial charge in [-0.15, -0.1) is 0 Å². The molecule has 4 heteroatoms. The molecule has 2 N–H and O–H groups in total. The number of ether oxygens (including phenoxy) is 1. The van der Waals surface area contributed by atoms with Gasteiger partial charge in [0.25, 0.3) is 0 Å². The van der Waals surface area contributed by atoms with Crippen molar-refractivity contribution in [3.63, 3.8) is 0 Å². The highest BCUT2D eigenvalue weighted by molar-refractivity contribution is 5.66. The summed E-state index contributed by atoms with van der Waals surface area (Å²) in [6.45, 7) is 7.00. The smallest absolute Gasteiger partial charge is 0.407 e. The van der Waals surface area contributed by atoms with E-state index >= 15 is 0 Å². The van der Waals surface area contributed by atoms with Crippen molar-refractivity contribution < 1.29 is 9.53 Å². The van der Waals surface area contributed by atoms with Crippen LogP contribution in [0.2, 0.25) is 0 Å². The van der Waals surface area contributed by atoms with E-state index in [-0.39, 0.29) is 12.2 Å². The number of fused-ring (bicyclic) bond motifs is 1. The first-order valence-corrected chi connectivity index (χ1v) is 6.73. The molecular formula is C15H24N2O2. The minimum absolute atomic E-state index is 0.0325. The van der Waals surface area contributed by atoms with Gasteiger partial charge in [0.1, 0.15) is 0 Å². The largest absolute Gasteiger partial charge is 0.447 e. The first-order valence-electron chi connectivity index (χ1n) is 6.73. The molecule has 2 rings (SSSR count). The normalized spacial score (nSPS) is 16.6. The maximum atomic E-state index is 10.3. The minimum atomic E-state index is -0.375. The zero-order valence-corrected chi connectivity index (χ0v) is 12.2. The van der Waals surface area contributed by atoms with Gasteiger partial charge in [0.15, 0.2) is 0 Å². The van der Waals surface area contributed by atoms with Gasteiger partial charge in [-0.1, -0.05) is 25.1 Å². The van der Waals surface area contributed by atoms with E-state index in [0.29, 0.717) is 0 Å². The van der Waals surface area contributed by atoms with E-state index in [2.05, 4.69) is 46.6 Å². The second kappa shape index (κ2) is 7.67. The van der Waals surface area contributed by atoms with Gasteiger partial charge in [0.2, 0.25) is 0 Å². The second-order valence-electron chi connectivity index (χ2n) is 5.05. The lowest BCUT2D eigenvalue weighted by Gasteiger charge is -2.22. The van der Waals surface area contributed by atoms with E-state index in [1.807, 2.05) is 0 Å². The van der Waals surface area contributed by atoms with Crippen LogP contribution in [-0.4, -0.2) is 25.8 Å². The van der Waals surface area contributed by atoms with Gasteiger partial charge in [0.05, 0.1) is 6.10 Å². The summed E-state index contributed by atoms with van der Waals surface area (Å²) in [5, 5.41) is 5.75. The number of hydrogen-bond donors (Lipinski definition) is 2. The molecule has 19 heavy (non-hydrogen) atoms. The van der Waals surface area contributed by atoms with Crippen molar-refractivity contribution in [3.8, 4) is 0 Å². The Labute approximate surface area is 115 Å². The fourth-order valence-corrected chi connectivity index (χ4v) is 1.88. The van der Waals surface area contributed by atoms with Crippen LogP contribution in [0.4, 0.5) is 10.5 Å². The Hall–Kier alpha value is -1.71. The first kappa shape index (κ1) is 15.3. The number of anilines is 1. The van der Waals surface area contributed by atoms with Crippen LogP contribution in [0, 0.1) is 5.92 Å². The third-order valence-corrected chi connectivity index (χ3v) is 2.77. The Morgan fingerprint density at radius 2 is 2.11 bits per heavy atom. The molecule has 0 bridgehead atoms. The van der Waals surface area contributed by atoms with Crippen LogP contribution >= 0.6 is 0 Å². The Bertz CT molecular complexity index is 405. The average Bonchev–Trinajstić information content (AvgIpc) is 2.38. The molecule has 0 radical (unpaired) electrons. The number of alkyl carbamates (subject to hydrolysis) is 1. The molecule has 0 aliphatic carbocycles. The zero-order chi connectivity index (χ0) is 14.3. The molecular weight excluding hydrogens is 240 g/mol. The maximum absolute atomic E-state index is 10.3. The minimum Gasteiger partial charge on any atom is -0.447 e. The molecule has 0 spiro atoms. The Morgan fingerprint density at radius 3 is 2.68 bits per heavy atom. The van der Waals surface area contributed by atoms with Gasteiger partial charge in [-0.05, 0) is 37.8 Å². The molecule has 0 saturated heterocycles. The number of carbonyl (C=O) groups excluding carboxylic acids is 1. The lowest BCUT2D eigenvalue weighted by molar-refractivity contribution is 0.117. The van der Waals surface area contributed by atoms with Crippen molar-refractivity contribution >= 4 is 11.8 Å². The van der Waals surface area contributed by atoms with Gasteiger partial charge < -0.3 is 15.4 Å². The quantitative estimate of drug-likeness (QED) is 0.819. The van der Waals surface area contributed by atoms with Crippen molar-refractivity contribution in [2.45, 2.75) is 33.3 Å². The molecule has 0 saturated carbocycles. The Kier molecular flexibility index (Phi) is 6.19. The van der Waals surface area contributed by atoms with Gasteiger partial charge in [-0.2, -0.15) is 0 Å². The summed E-state index contributed by atoms with van der Waals surface area (Å²) in [5.74, 6) is 0.782. The predicted molar refractivity (Wildman–Crippen MR) is 78.5 cm³/mol. The summed E-state index contributed by atoms with van der Waals surface area (Å²) < 4.78 is 4.65. The highest BCUT2D eigenvalue weighted by atomic mass is 16.6. The molecule has 0 fully saturated rings. The predicted octanol–water partition coefficient (Wildman–Crippen LogP) is 3.04. The zero-order valence-electron chi connectivity index (χ0n) is 12.2. The number of hydrogen-bond acceptors (Lipinski definition) is 3. The number of nitrogens with one attached hydrogen (secondary N) is 2. The lowest BCUT2D eigenvalue weighted by atomic mass is 9.96. The SMILES string of the molecule is CNC(=O)OC(C)C.C[C@H]1CNc2ccccc2C1. The van der Waals surface area contributed by atoms with Crippen molar-refractivity contribution in [3.05, 3.63) is 29.8 Å². The van der Waals surface area contributed by atoms with E-state index < -0.39 is 0 Å². The molecule has 1 amide bonds. The van der Waals surface area contributed by atoms with Gasteiger partial charge >= 0.3 is 6.09 Å². The van der Waals surface area contributed by atoms with Crippen molar-refractivity contribution in [2.75, 3.05) is 18.9 Å². The van der Waals surface area contributed by atoms with E-state index in [4.69, 9.17) is 0 Å². The second-order valence-corrected chi connectivity index (χ2v) is 5.05. The Balaban J connectivity index is 0.000000203. The number of amides is 1. The molecule has 1 aromatic carbocycles. The summed E-state index contributed by atoms with van der Waals surface area (Å²) in [5.41, 5.74) is 2.79. The van der Waals surface area contributed by atoms with Crippen LogP contribution in [-0.2, 0) is 11.2 Å². The molecule has 1 heterocycles. The van der Waals surface area contributed by atoms with Crippen molar-refractivity contribution in [1.82, 2.24) is 5.32 Å². The number of para-hydroxylation sites is 1. The topological polar surface area (TPSA) is 50.4 Å². The van der Waals surface area contributed by atoms with Gasteiger partial charge in [-0.25, -0.2) is 4.79 Å². The molecule has 0 unspecified atom stereocenters. The molecule has 1 aromatic rings. The van der Waals surface area contributed by atoms with Crippen LogP contribution in [0.5, 0.6) is 0 Å². The van der Waals surface area contributed by atoms with Crippen LogP contribution in [0.1, 0.15) is 26.3 Å². The summed E-state index contributed by atoms with van der Waals surface area (Å²) in [6, 6.07) is 8.56. The summed E-state index contributed by atoms with van der Waals surface area (Å²) in [6.07, 6.45) is 0.818. The van der Waals surface area contributed by atoms with Crippen molar-refractivity contribution in [1.29, 1.82) is 0 Å². The summed E-state index contributed by atoms with van der Waals surface area (Å²) >= 11 is 0. The highest BCUT2D eigenvalue weighted by Gasteiger charge is 2.12. The van der Waals surface area contributed by atoms with E-state index in [0.717, 1.165) is 12.5 Å².